The van der Waals surface area contributed by atoms with Gasteiger partial charge in [0.25, 0.3) is 0 Å². The lowest BCUT2D eigenvalue weighted by atomic mass is 10.1. The van der Waals surface area contributed by atoms with Gasteiger partial charge in [-0.15, -0.1) is 0 Å². The highest BCUT2D eigenvalue weighted by molar-refractivity contribution is 7.22. The minimum absolute atomic E-state index is 0.0444. The number of nitrogens with two attached hydrogens (primary N) is 1. The number of amides is 1. The average molecular weight is 306 g/mol. The van der Waals surface area contributed by atoms with Crippen LogP contribution in [0.1, 0.15) is 20.8 Å². The van der Waals surface area contributed by atoms with Crippen LogP contribution in [-0.2, 0) is 4.79 Å². The zero-order chi connectivity index (χ0) is 15.6. The molecule has 114 valence electrons. The maximum Gasteiger partial charge on any atom is 0.240 e. The highest BCUT2D eigenvalue weighted by Gasteiger charge is 2.16. The fourth-order valence-corrected chi connectivity index (χ4v) is 2.96. The van der Waals surface area contributed by atoms with Crippen molar-refractivity contribution in [2.75, 3.05) is 24.6 Å². The largest absolute Gasteiger partial charge is 0.399 e. The van der Waals surface area contributed by atoms with Gasteiger partial charge in [-0.25, -0.2) is 4.98 Å². The molecule has 5 nitrogen and oxygen atoms in total. The smallest absolute Gasteiger partial charge is 0.240 e. The van der Waals surface area contributed by atoms with E-state index in [2.05, 4.69) is 31.1 Å². The van der Waals surface area contributed by atoms with E-state index in [0.717, 1.165) is 10.2 Å². The van der Waals surface area contributed by atoms with Gasteiger partial charge in [-0.05, 0) is 38.1 Å². The van der Waals surface area contributed by atoms with E-state index in [4.69, 9.17) is 5.73 Å². The molecule has 1 aromatic carbocycles. The standard InChI is InChI=1S/C15H22N4OS/c1-9(2)10(3)19(4)8-14(20)18-15-17-12-6-5-11(16)7-13(12)21-15/h5-7,9-10H,8,16H2,1-4H3,(H,17,18,20). The van der Waals surface area contributed by atoms with Gasteiger partial charge in [0.2, 0.25) is 5.91 Å². The van der Waals surface area contributed by atoms with Crippen LogP contribution in [0, 0.1) is 5.92 Å². The quantitative estimate of drug-likeness (QED) is 0.833. The first-order valence-electron chi connectivity index (χ1n) is 7.03. The summed E-state index contributed by atoms with van der Waals surface area (Å²) >= 11 is 1.44. The Morgan fingerprint density at radius 1 is 1.43 bits per heavy atom. The molecule has 1 atom stereocenters. The van der Waals surface area contributed by atoms with Crippen LogP contribution in [-0.4, -0.2) is 35.4 Å². The van der Waals surface area contributed by atoms with E-state index in [9.17, 15) is 4.79 Å². The summed E-state index contributed by atoms with van der Waals surface area (Å²) in [6, 6.07) is 5.90. The Hall–Kier alpha value is -1.66. The zero-order valence-electron chi connectivity index (χ0n) is 12.9. The number of anilines is 2. The Morgan fingerprint density at radius 2 is 2.14 bits per heavy atom. The first-order chi connectivity index (χ1) is 9.86. The lowest BCUT2D eigenvalue weighted by Crippen LogP contribution is -2.39. The maximum atomic E-state index is 12.1. The summed E-state index contributed by atoms with van der Waals surface area (Å²) in [6.07, 6.45) is 0. The van der Waals surface area contributed by atoms with Crippen LogP contribution < -0.4 is 11.1 Å². The summed E-state index contributed by atoms with van der Waals surface area (Å²) in [7, 11) is 1.96. The van der Waals surface area contributed by atoms with E-state index in [1.807, 2.05) is 30.1 Å². The predicted octanol–water partition coefficient (Wildman–Crippen LogP) is 2.79. The fraction of sp³-hybridized carbons (Fsp3) is 0.467. The molecule has 1 unspecified atom stereocenters. The van der Waals surface area contributed by atoms with Gasteiger partial charge in [-0.1, -0.05) is 25.2 Å². The van der Waals surface area contributed by atoms with E-state index in [0.29, 0.717) is 29.3 Å². The monoisotopic (exact) mass is 306 g/mol. The lowest BCUT2D eigenvalue weighted by molar-refractivity contribution is -0.117. The minimum Gasteiger partial charge on any atom is -0.399 e. The number of carbonyl (C=O) groups excluding carboxylic acids is 1. The molecule has 1 amide bonds. The molecule has 21 heavy (non-hydrogen) atoms. The summed E-state index contributed by atoms with van der Waals surface area (Å²) in [5.41, 5.74) is 7.31. The molecule has 1 aromatic heterocycles. The number of likely N-dealkylation sites (N-methyl/N-ethyl adjacent to an activating group) is 1. The normalized spacial score (nSPS) is 13.0. The van der Waals surface area contributed by atoms with Crippen molar-refractivity contribution in [3.63, 3.8) is 0 Å². The van der Waals surface area contributed by atoms with Crippen LogP contribution in [0.25, 0.3) is 10.2 Å². The van der Waals surface area contributed by atoms with Crippen molar-refractivity contribution >= 4 is 38.3 Å². The number of thiazole rings is 1. The molecular formula is C15H22N4OS. The van der Waals surface area contributed by atoms with Gasteiger partial charge in [-0.3, -0.25) is 9.69 Å². The van der Waals surface area contributed by atoms with Gasteiger partial charge in [0.15, 0.2) is 5.13 Å². The van der Waals surface area contributed by atoms with Gasteiger partial charge in [-0.2, -0.15) is 0 Å². The average Bonchev–Trinajstić information content (AvgIpc) is 2.78. The highest BCUT2D eigenvalue weighted by atomic mass is 32.1. The van der Waals surface area contributed by atoms with Crippen molar-refractivity contribution in [1.29, 1.82) is 0 Å². The van der Waals surface area contributed by atoms with E-state index < -0.39 is 0 Å². The Balaban J connectivity index is 2.01. The first kappa shape index (κ1) is 15.7. The third-order valence-corrected chi connectivity index (χ3v) is 4.65. The number of nitrogens with one attached hydrogen (secondary N) is 1. The maximum absolute atomic E-state index is 12.1. The van der Waals surface area contributed by atoms with Crippen molar-refractivity contribution in [2.24, 2.45) is 5.92 Å². The van der Waals surface area contributed by atoms with Crippen LogP contribution in [0.4, 0.5) is 10.8 Å². The van der Waals surface area contributed by atoms with Crippen LogP contribution in [0.5, 0.6) is 0 Å². The van der Waals surface area contributed by atoms with E-state index in [-0.39, 0.29) is 5.91 Å². The van der Waals surface area contributed by atoms with Gasteiger partial charge in [0.1, 0.15) is 0 Å². The summed E-state index contributed by atoms with van der Waals surface area (Å²) in [4.78, 5) is 18.5. The van der Waals surface area contributed by atoms with Gasteiger partial charge < -0.3 is 11.1 Å². The lowest BCUT2D eigenvalue weighted by Gasteiger charge is -2.26. The molecule has 0 saturated heterocycles. The molecule has 2 rings (SSSR count). The van der Waals surface area contributed by atoms with Gasteiger partial charge >= 0.3 is 0 Å². The third-order valence-electron chi connectivity index (χ3n) is 3.71. The van der Waals surface area contributed by atoms with Crippen LogP contribution in [0.3, 0.4) is 0 Å². The summed E-state index contributed by atoms with van der Waals surface area (Å²) in [5, 5.41) is 3.48. The second-order valence-electron chi connectivity index (χ2n) is 5.69. The zero-order valence-corrected chi connectivity index (χ0v) is 13.7. The number of hydrogen-bond donors (Lipinski definition) is 2. The molecule has 0 bridgehead atoms. The van der Waals surface area contributed by atoms with Crippen molar-refractivity contribution in [3.05, 3.63) is 18.2 Å². The van der Waals surface area contributed by atoms with E-state index >= 15 is 0 Å². The van der Waals surface area contributed by atoms with Crippen LogP contribution >= 0.6 is 11.3 Å². The summed E-state index contributed by atoms with van der Waals surface area (Å²) < 4.78 is 0.981. The molecule has 0 aliphatic rings. The number of benzene rings is 1. The Morgan fingerprint density at radius 3 is 2.81 bits per heavy atom. The van der Waals surface area contributed by atoms with Crippen molar-refractivity contribution < 1.29 is 4.79 Å². The Labute approximate surface area is 129 Å². The first-order valence-corrected chi connectivity index (χ1v) is 7.84. The number of aromatic nitrogens is 1. The van der Waals surface area contributed by atoms with Crippen molar-refractivity contribution in [2.45, 2.75) is 26.8 Å². The van der Waals surface area contributed by atoms with Gasteiger partial charge in [0, 0.05) is 11.7 Å². The SMILES string of the molecule is CC(C)C(C)N(C)CC(=O)Nc1nc2ccc(N)cc2s1. The molecule has 6 heteroatoms. The molecule has 0 fully saturated rings. The molecule has 0 aliphatic heterocycles. The number of fused-ring (bicyclic) bond motifs is 1. The highest BCUT2D eigenvalue weighted by Crippen LogP contribution is 2.27. The van der Waals surface area contributed by atoms with Gasteiger partial charge in [0.05, 0.1) is 16.8 Å². The molecule has 0 spiro atoms. The number of hydrogen-bond acceptors (Lipinski definition) is 5. The number of nitrogens with zero attached hydrogens (tertiary/aromatic N) is 2. The summed E-state index contributed by atoms with van der Waals surface area (Å²) in [6.45, 7) is 6.78. The number of nitrogen functional groups attached to an aromatic ring is 1. The Kier molecular flexibility index (Phi) is 4.80. The topological polar surface area (TPSA) is 71.2 Å². The van der Waals surface area contributed by atoms with E-state index in [1.54, 1.807) is 0 Å². The minimum atomic E-state index is -0.0444. The molecule has 1 heterocycles. The Bertz CT molecular complexity index is 638. The number of rotatable bonds is 5. The summed E-state index contributed by atoms with van der Waals surface area (Å²) in [5.74, 6) is 0.463. The molecule has 0 radical (unpaired) electrons. The van der Waals surface area contributed by atoms with E-state index in [1.165, 1.54) is 11.3 Å². The molecule has 3 N–H and O–H groups in total. The fourth-order valence-electron chi connectivity index (χ4n) is 2.03. The van der Waals surface area contributed by atoms with Crippen LogP contribution in [0.2, 0.25) is 0 Å². The molecule has 2 aromatic rings. The third kappa shape index (κ3) is 3.92. The molecular weight excluding hydrogens is 284 g/mol. The van der Waals surface area contributed by atoms with Crippen LogP contribution in [0.15, 0.2) is 18.2 Å². The second kappa shape index (κ2) is 6.41. The molecule has 0 saturated carbocycles. The second-order valence-corrected chi connectivity index (χ2v) is 6.72. The van der Waals surface area contributed by atoms with Crippen molar-refractivity contribution in [1.82, 2.24) is 9.88 Å². The number of carbonyl (C=O) groups is 1. The van der Waals surface area contributed by atoms with Crippen molar-refractivity contribution in [3.8, 4) is 0 Å². The molecule has 0 aliphatic carbocycles. The predicted molar refractivity (Wildman–Crippen MR) is 89.6 cm³/mol.